The van der Waals surface area contributed by atoms with Crippen molar-refractivity contribution in [1.82, 2.24) is 5.32 Å². The molecule has 0 bridgehead atoms. The summed E-state index contributed by atoms with van der Waals surface area (Å²) in [4.78, 5) is 0. The fourth-order valence-electron chi connectivity index (χ4n) is 1.60. The number of aliphatic hydroxyl groups is 1. The Kier molecular flexibility index (Phi) is 7.25. The maximum atomic E-state index is 9.18. The molecule has 1 unspecified atom stereocenters. The van der Waals surface area contributed by atoms with Crippen molar-refractivity contribution in [2.24, 2.45) is 0 Å². The number of ether oxygens (including phenoxy) is 3. The zero-order valence-electron chi connectivity index (χ0n) is 11.8. The van der Waals surface area contributed by atoms with Gasteiger partial charge in [0.1, 0.15) is 6.61 Å². The van der Waals surface area contributed by atoms with Gasteiger partial charge in [0.05, 0.1) is 19.8 Å². The number of hydrogen-bond acceptors (Lipinski definition) is 5. The normalized spacial score (nSPS) is 12.2. The molecule has 0 saturated carbocycles. The van der Waals surface area contributed by atoms with Gasteiger partial charge in [-0.25, -0.2) is 0 Å². The third-order valence-corrected chi connectivity index (χ3v) is 2.54. The lowest BCUT2D eigenvalue weighted by Crippen LogP contribution is -2.23. The van der Waals surface area contributed by atoms with E-state index in [-0.39, 0.29) is 6.10 Å². The molecule has 0 fully saturated rings. The molecule has 19 heavy (non-hydrogen) atoms. The van der Waals surface area contributed by atoms with E-state index in [2.05, 4.69) is 5.32 Å². The second kappa shape index (κ2) is 8.74. The highest BCUT2D eigenvalue weighted by Gasteiger charge is 2.06. The Bertz CT molecular complexity index is 368. The van der Waals surface area contributed by atoms with Crippen molar-refractivity contribution in [2.75, 3.05) is 34.0 Å². The first-order chi connectivity index (χ1) is 9.17. The van der Waals surface area contributed by atoms with Crippen molar-refractivity contribution in [2.45, 2.75) is 19.6 Å². The van der Waals surface area contributed by atoms with Gasteiger partial charge in [-0.3, -0.25) is 0 Å². The summed E-state index contributed by atoms with van der Waals surface area (Å²) in [6, 6.07) is 5.78. The van der Waals surface area contributed by atoms with Crippen LogP contribution in [0.3, 0.4) is 0 Å². The molecular weight excluding hydrogens is 246 g/mol. The fourth-order valence-corrected chi connectivity index (χ4v) is 1.60. The van der Waals surface area contributed by atoms with Crippen LogP contribution in [-0.2, 0) is 11.3 Å². The van der Waals surface area contributed by atoms with Crippen molar-refractivity contribution < 1.29 is 19.3 Å². The molecule has 0 aliphatic rings. The van der Waals surface area contributed by atoms with Gasteiger partial charge < -0.3 is 24.6 Å². The van der Waals surface area contributed by atoms with Gasteiger partial charge in [0, 0.05) is 20.2 Å². The molecule has 0 aliphatic heterocycles. The molecule has 0 aliphatic carbocycles. The fraction of sp³-hybridized carbons (Fsp3) is 0.571. The van der Waals surface area contributed by atoms with Crippen LogP contribution in [0.5, 0.6) is 11.5 Å². The predicted molar refractivity (Wildman–Crippen MR) is 73.8 cm³/mol. The first kappa shape index (κ1) is 15.8. The molecule has 1 rings (SSSR count). The van der Waals surface area contributed by atoms with Crippen LogP contribution in [0.25, 0.3) is 0 Å². The van der Waals surface area contributed by atoms with Gasteiger partial charge in [0.2, 0.25) is 0 Å². The topological polar surface area (TPSA) is 60.0 Å². The minimum absolute atomic E-state index is 0.349. The lowest BCUT2D eigenvalue weighted by Gasteiger charge is -2.12. The van der Waals surface area contributed by atoms with Crippen LogP contribution < -0.4 is 14.8 Å². The van der Waals surface area contributed by atoms with E-state index in [1.807, 2.05) is 18.2 Å². The summed E-state index contributed by atoms with van der Waals surface area (Å²) in [6.45, 7) is 4.03. The summed E-state index contributed by atoms with van der Waals surface area (Å²) < 4.78 is 15.8. The van der Waals surface area contributed by atoms with Gasteiger partial charge in [-0.05, 0) is 24.6 Å². The highest BCUT2D eigenvalue weighted by molar-refractivity contribution is 5.42. The second-order valence-corrected chi connectivity index (χ2v) is 4.31. The van der Waals surface area contributed by atoms with Crippen molar-refractivity contribution in [1.29, 1.82) is 0 Å². The molecule has 5 heteroatoms. The van der Waals surface area contributed by atoms with Crippen LogP contribution in [-0.4, -0.2) is 45.2 Å². The van der Waals surface area contributed by atoms with Gasteiger partial charge in [0.25, 0.3) is 0 Å². The maximum Gasteiger partial charge on any atom is 0.161 e. The van der Waals surface area contributed by atoms with Gasteiger partial charge >= 0.3 is 0 Å². The SMILES string of the molecule is COCCOc1ccc(CNCC(C)O)cc1OC. The monoisotopic (exact) mass is 269 g/mol. The van der Waals surface area contributed by atoms with Gasteiger partial charge in [0.15, 0.2) is 11.5 Å². The molecule has 1 aromatic carbocycles. The van der Waals surface area contributed by atoms with Crippen molar-refractivity contribution in [3.63, 3.8) is 0 Å². The van der Waals surface area contributed by atoms with Gasteiger partial charge in [-0.2, -0.15) is 0 Å². The first-order valence-corrected chi connectivity index (χ1v) is 6.34. The van der Waals surface area contributed by atoms with Crippen molar-refractivity contribution in [3.8, 4) is 11.5 Å². The molecule has 0 amide bonds. The quantitative estimate of drug-likeness (QED) is 0.659. The highest BCUT2D eigenvalue weighted by Crippen LogP contribution is 2.27. The van der Waals surface area contributed by atoms with Crippen LogP contribution in [0.4, 0.5) is 0 Å². The average Bonchev–Trinajstić information content (AvgIpc) is 2.39. The van der Waals surface area contributed by atoms with E-state index in [4.69, 9.17) is 14.2 Å². The predicted octanol–water partition coefficient (Wildman–Crippen LogP) is 1.19. The summed E-state index contributed by atoms with van der Waals surface area (Å²) in [6.07, 6.45) is -0.349. The zero-order chi connectivity index (χ0) is 14.1. The third kappa shape index (κ3) is 5.92. The van der Waals surface area contributed by atoms with Gasteiger partial charge in [-0.1, -0.05) is 6.07 Å². The molecule has 0 saturated heterocycles. The Hall–Kier alpha value is -1.30. The Morgan fingerprint density at radius 3 is 2.63 bits per heavy atom. The summed E-state index contributed by atoms with van der Waals surface area (Å²) >= 11 is 0. The largest absolute Gasteiger partial charge is 0.493 e. The Morgan fingerprint density at radius 2 is 2.00 bits per heavy atom. The minimum atomic E-state index is -0.349. The Labute approximate surface area is 114 Å². The average molecular weight is 269 g/mol. The summed E-state index contributed by atoms with van der Waals surface area (Å²) in [5, 5.41) is 12.3. The van der Waals surface area contributed by atoms with Crippen molar-refractivity contribution in [3.05, 3.63) is 23.8 Å². The zero-order valence-corrected chi connectivity index (χ0v) is 11.8. The van der Waals surface area contributed by atoms with E-state index < -0.39 is 0 Å². The number of rotatable bonds is 9. The second-order valence-electron chi connectivity index (χ2n) is 4.31. The van der Waals surface area contributed by atoms with E-state index in [0.717, 1.165) is 5.56 Å². The van der Waals surface area contributed by atoms with Gasteiger partial charge in [-0.15, -0.1) is 0 Å². The minimum Gasteiger partial charge on any atom is -0.493 e. The highest BCUT2D eigenvalue weighted by atomic mass is 16.5. The molecule has 5 nitrogen and oxygen atoms in total. The molecule has 0 heterocycles. The summed E-state index contributed by atoms with van der Waals surface area (Å²) in [5.74, 6) is 1.41. The van der Waals surface area contributed by atoms with E-state index in [9.17, 15) is 5.11 Å². The lowest BCUT2D eigenvalue weighted by molar-refractivity contribution is 0.144. The molecule has 2 N–H and O–H groups in total. The molecule has 0 spiro atoms. The summed E-state index contributed by atoms with van der Waals surface area (Å²) in [7, 11) is 3.25. The molecular formula is C14H23NO4. The molecule has 1 atom stereocenters. The molecule has 0 aromatic heterocycles. The Morgan fingerprint density at radius 1 is 1.21 bits per heavy atom. The van der Waals surface area contributed by atoms with Crippen LogP contribution in [0.15, 0.2) is 18.2 Å². The number of nitrogens with one attached hydrogen (secondary N) is 1. The van der Waals surface area contributed by atoms with Crippen LogP contribution in [0.2, 0.25) is 0 Å². The van der Waals surface area contributed by atoms with E-state index in [1.54, 1.807) is 21.1 Å². The molecule has 1 aromatic rings. The number of hydrogen-bond donors (Lipinski definition) is 2. The van der Waals surface area contributed by atoms with E-state index in [1.165, 1.54) is 0 Å². The van der Waals surface area contributed by atoms with Crippen LogP contribution in [0.1, 0.15) is 12.5 Å². The third-order valence-electron chi connectivity index (χ3n) is 2.54. The van der Waals surface area contributed by atoms with Crippen molar-refractivity contribution >= 4 is 0 Å². The number of methoxy groups -OCH3 is 2. The maximum absolute atomic E-state index is 9.18. The molecule has 0 radical (unpaired) electrons. The standard InChI is InChI=1S/C14H23NO4/c1-11(16)9-15-10-12-4-5-13(14(8-12)18-3)19-7-6-17-2/h4-5,8,11,15-16H,6-7,9-10H2,1-3H3. The number of aliphatic hydroxyl groups excluding tert-OH is 1. The van der Waals surface area contributed by atoms with E-state index >= 15 is 0 Å². The smallest absolute Gasteiger partial charge is 0.161 e. The summed E-state index contributed by atoms with van der Waals surface area (Å²) in [5.41, 5.74) is 1.08. The lowest BCUT2D eigenvalue weighted by atomic mass is 10.2. The van der Waals surface area contributed by atoms with E-state index in [0.29, 0.717) is 37.8 Å². The molecule has 108 valence electrons. The van der Waals surface area contributed by atoms with Crippen LogP contribution in [0, 0.1) is 0 Å². The Balaban J connectivity index is 2.56. The first-order valence-electron chi connectivity index (χ1n) is 6.34. The van der Waals surface area contributed by atoms with Crippen LogP contribution >= 0.6 is 0 Å². The number of benzene rings is 1.